The number of fused-ring (bicyclic) bond motifs is 1. The highest BCUT2D eigenvalue weighted by atomic mass is 32.2. The lowest BCUT2D eigenvalue weighted by Crippen LogP contribution is -2.48. The van der Waals surface area contributed by atoms with E-state index >= 15 is 0 Å². The quantitative estimate of drug-likeness (QED) is 0.920. The maximum Gasteiger partial charge on any atom is 0.380 e. The van der Waals surface area contributed by atoms with Gasteiger partial charge in [0.25, 0.3) is 0 Å². The second-order valence-electron chi connectivity index (χ2n) is 7.96. The maximum absolute atomic E-state index is 11.1. The fraction of sp³-hybridized carbons (Fsp3) is 0.588. The molecule has 1 aromatic heterocycles. The smallest absolute Gasteiger partial charge is 0.371 e. The first-order chi connectivity index (χ1) is 11.4. The Morgan fingerprint density at radius 1 is 1.12 bits per heavy atom. The zero-order valence-corrected chi connectivity index (χ0v) is 14.1. The minimum atomic E-state index is -4.03. The molecule has 0 atom stereocenters. The van der Waals surface area contributed by atoms with Crippen molar-refractivity contribution in [2.45, 2.75) is 43.9 Å². The Bertz CT molecular complexity index is 883. The Hall–Kier alpha value is -1.60. The Kier molecular flexibility index (Phi) is 2.90. The summed E-state index contributed by atoms with van der Waals surface area (Å²) >= 11 is 0. The first-order valence-electron chi connectivity index (χ1n) is 8.52. The van der Waals surface area contributed by atoms with Crippen molar-refractivity contribution in [2.75, 3.05) is 0 Å². The van der Waals surface area contributed by atoms with E-state index < -0.39 is 10.3 Å². The van der Waals surface area contributed by atoms with E-state index in [4.69, 9.17) is 13.8 Å². The van der Waals surface area contributed by atoms with Gasteiger partial charge in [-0.15, -0.1) is 0 Å². The predicted octanol–water partition coefficient (Wildman–Crippen LogP) is 2.88. The minimum absolute atomic E-state index is 0.117. The summed E-state index contributed by atoms with van der Waals surface area (Å²) in [5.41, 5.74) is 0.744. The Morgan fingerprint density at radius 3 is 2.33 bits per heavy atom. The second kappa shape index (κ2) is 4.73. The van der Waals surface area contributed by atoms with Crippen LogP contribution in [0.15, 0.2) is 22.7 Å². The van der Waals surface area contributed by atoms with Crippen molar-refractivity contribution in [1.82, 2.24) is 5.16 Å². The van der Waals surface area contributed by atoms with E-state index in [0.29, 0.717) is 5.52 Å². The summed E-state index contributed by atoms with van der Waals surface area (Å²) in [6.45, 7) is 0. The molecule has 128 valence electrons. The summed E-state index contributed by atoms with van der Waals surface area (Å²) < 4.78 is 32.7. The lowest BCUT2D eigenvalue weighted by atomic mass is 9.49. The largest absolute Gasteiger partial charge is 0.380 e. The number of hydrogen-bond donors (Lipinski definition) is 1. The molecule has 4 bridgehead atoms. The molecule has 4 aliphatic rings. The fourth-order valence-electron chi connectivity index (χ4n) is 5.88. The molecule has 1 aromatic carbocycles. The Labute approximate surface area is 140 Å². The van der Waals surface area contributed by atoms with Crippen molar-refractivity contribution >= 4 is 21.2 Å². The van der Waals surface area contributed by atoms with Crippen molar-refractivity contribution in [1.29, 1.82) is 0 Å². The van der Waals surface area contributed by atoms with E-state index in [1.807, 2.05) is 6.07 Å². The highest BCUT2D eigenvalue weighted by Gasteiger charge is 2.54. The van der Waals surface area contributed by atoms with Gasteiger partial charge in [-0.1, -0.05) is 5.16 Å². The van der Waals surface area contributed by atoms with Gasteiger partial charge in [-0.25, -0.2) is 0 Å². The van der Waals surface area contributed by atoms with E-state index in [-0.39, 0.29) is 11.2 Å². The van der Waals surface area contributed by atoms with E-state index in [9.17, 15) is 8.42 Å². The molecule has 2 aromatic rings. The van der Waals surface area contributed by atoms with Gasteiger partial charge in [0.05, 0.1) is 0 Å². The average molecular weight is 348 g/mol. The molecule has 0 spiro atoms. The van der Waals surface area contributed by atoms with Crippen LogP contribution in [0.1, 0.15) is 44.3 Å². The number of nitrogens with two attached hydrogens (primary N) is 1. The molecule has 4 aliphatic carbocycles. The summed E-state index contributed by atoms with van der Waals surface area (Å²) in [7, 11) is -4.03. The average Bonchev–Trinajstić information content (AvgIpc) is 2.87. The van der Waals surface area contributed by atoms with Gasteiger partial charge < -0.3 is 8.71 Å². The first-order valence-corrected chi connectivity index (χ1v) is 9.99. The predicted molar refractivity (Wildman–Crippen MR) is 87.6 cm³/mol. The summed E-state index contributed by atoms with van der Waals surface area (Å²) in [5.74, 6) is 3.61. The molecule has 6 rings (SSSR count). The normalized spacial score (nSPS) is 34.8. The highest BCUT2D eigenvalue weighted by molar-refractivity contribution is 7.84. The fourth-order valence-corrected chi connectivity index (χ4v) is 6.25. The van der Waals surface area contributed by atoms with Crippen LogP contribution in [0.5, 0.6) is 5.75 Å². The third kappa shape index (κ3) is 2.25. The zero-order chi connectivity index (χ0) is 16.5. The van der Waals surface area contributed by atoms with Crippen molar-refractivity contribution in [3.8, 4) is 5.75 Å². The number of nitrogens with zero attached hydrogens (tertiary/aromatic N) is 1. The summed E-state index contributed by atoms with van der Waals surface area (Å²) in [4.78, 5) is 0. The standard InChI is InChI=1S/C17H20N2O4S/c18-24(20,21)23-13-1-2-14-15(6-13)19-22-16(14)17-7-10-3-11(8-17)5-12(4-10)9-17/h1-2,6,10-12H,3-5,7-9H2,(H2,18,20,21). The lowest BCUT2D eigenvalue weighted by molar-refractivity contribution is -0.0166. The minimum Gasteiger partial charge on any atom is -0.371 e. The molecule has 0 amide bonds. The van der Waals surface area contributed by atoms with Gasteiger partial charge in [0.2, 0.25) is 0 Å². The van der Waals surface area contributed by atoms with Crippen LogP contribution >= 0.6 is 0 Å². The molecule has 7 heteroatoms. The molecule has 0 aliphatic heterocycles. The van der Waals surface area contributed by atoms with Gasteiger partial charge >= 0.3 is 10.3 Å². The van der Waals surface area contributed by atoms with Crippen LogP contribution in [0.4, 0.5) is 0 Å². The molecule has 0 unspecified atom stereocenters. The third-order valence-corrected chi connectivity index (χ3v) is 6.61. The maximum atomic E-state index is 11.1. The zero-order valence-electron chi connectivity index (χ0n) is 13.3. The molecular formula is C17H20N2O4S. The highest BCUT2D eigenvalue weighted by Crippen LogP contribution is 2.61. The molecule has 4 fully saturated rings. The number of hydrogen-bond acceptors (Lipinski definition) is 5. The molecule has 2 N–H and O–H groups in total. The molecule has 6 nitrogen and oxygen atoms in total. The van der Waals surface area contributed by atoms with Crippen molar-refractivity contribution in [3.05, 3.63) is 24.0 Å². The van der Waals surface area contributed by atoms with Crippen LogP contribution in [-0.2, 0) is 15.7 Å². The first kappa shape index (κ1) is 14.7. The molecule has 24 heavy (non-hydrogen) atoms. The van der Waals surface area contributed by atoms with Crippen LogP contribution in [0.2, 0.25) is 0 Å². The molecule has 1 heterocycles. The van der Waals surface area contributed by atoms with Crippen LogP contribution in [0, 0.1) is 17.8 Å². The van der Waals surface area contributed by atoms with Gasteiger partial charge in [0, 0.05) is 16.9 Å². The van der Waals surface area contributed by atoms with Crippen LogP contribution in [0.25, 0.3) is 10.9 Å². The topological polar surface area (TPSA) is 95.4 Å². The van der Waals surface area contributed by atoms with Gasteiger partial charge in [-0.05, 0) is 68.4 Å². The van der Waals surface area contributed by atoms with Crippen LogP contribution in [-0.4, -0.2) is 13.6 Å². The van der Waals surface area contributed by atoms with Gasteiger partial charge in [-0.3, -0.25) is 0 Å². The summed E-state index contributed by atoms with van der Waals surface area (Å²) in [5, 5.41) is 10.1. The Morgan fingerprint density at radius 2 is 1.75 bits per heavy atom. The van der Waals surface area contributed by atoms with Crippen molar-refractivity contribution < 1.29 is 17.1 Å². The van der Waals surface area contributed by atoms with E-state index in [0.717, 1.165) is 28.9 Å². The number of benzene rings is 1. The van der Waals surface area contributed by atoms with Gasteiger partial charge in [0.1, 0.15) is 11.3 Å². The van der Waals surface area contributed by atoms with E-state index in [1.165, 1.54) is 38.5 Å². The van der Waals surface area contributed by atoms with Crippen LogP contribution < -0.4 is 9.32 Å². The Balaban J connectivity index is 1.56. The second-order valence-corrected chi connectivity index (χ2v) is 9.12. The number of rotatable bonds is 3. The van der Waals surface area contributed by atoms with E-state index in [2.05, 4.69) is 5.16 Å². The van der Waals surface area contributed by atoms with Crippen LogP contribution in [0.3, 0.4) is 0 Å². The summed E-state index contributed by atoms with van der Waals surface area (Å²) in [6.07, 6.45) is 7.70. The number of aromatic nitrogens is 1. The SMILES string of the molecule is NS(=O)(=O)Oc1ccc2c(C34CC5CC(CC(C5)C3)C4)onc2c1. The monoisotopic (exact) mass is 348 g/mol. The molecular weight excluding hydrogens is 328 g/mol. The van der Waals surface area contributed by atoms with Gasteiger partial charge in [0.15, 0.2) is 5.76 Å². The van der Waals surface area contributed by atoms with Gasteiger partial charge in [-0.2, -0.15) is 13.6 Å². The molecule has 0 radical (unpaired) electrons. The lowest BCUT2D eigenvalue weighted by Gasteiger charge is -2.55. The van der Waals surface area contributed by atoms with Crippen molar-refractivity contribution in [2.24, 2.45) is 22.9 Å². The van der Waals surface area contributed by atoms with Crippen molar-refractivity contribution in [3.63, 3.8) is 0 Å². The molecule has 0 saturated heterocycles. The summed E-state index contributed by atoms with van der Waals surface area (Å²) in [6, 6.07) is 5.04. The van der Waals surface area contributed by atoms with E-state index in [1.54, 1.807) is 12.1 Å². The molecule has 4 saturated carbocycles. The third-order valence-electron chi connectivity index (χ3n) is 6.18.